The van der Waals surface area contributed by atoms with Crippen molar-refractivity contribution in [2.24, 2.45) is 5.92 Å². The highest BCUT2D eigenvalue weighted by Gasteiger charge is 2.25. The molecule has 0 unspecified atom stereocenters. The number of halogens is 3. The Kier molecular flexibility index (Phi) is 5.10. The Labute approximate surface area is 124 Å². The molecular weight excluding hydrogens is 332 g/mol. The molecule has 1 aromatic carbocycles. The van der Waals surface area contributed by atoms with Crippen LogP contribution in [0.1, 0.15) is 36.0 Å². The van der Waals surface area contributed by atoms with Gasteiger partial charge < -0.3 is 10.4 Å². The molecule has 6 heteroatoms. The lowest BCUT2D eigenvalue weighted by Gasteiger charge is -2.27. The molecule has 0 spiro atoms. The quantitative estimate of drug-likeness (QED) is 0.882. The van der Waals surface area contributed by atoms with Crippen molar-refractivity contribution in [2.45, 2.75) is 31.8 Å². The number of carbonyl (C=O) groups excluding carboxylic acids is 1. The lowest BCUT2D eigenvalue weighted by molar-refractivity contribution is 0.0661. The molecule has 1 saturated carbocycles. The average Bonchev–Trinajstić information content (AvgIpc) is 2.36. The topological polar surface area (TPSA) is 49.3 Å². The Hall–Kier alpha value is -1.01. The maximum Gasteiger partial charge on any atom is 0.257 e. The second kappa shape index (κ2) is 6.63. The number of hydrogen-bond acceptors (Lipinski definition) is 2. The Morgan fingerprint density at radius 3 is 2.50 bits per heavy atom. The van der Waals surface area contributed by atoms with Gasteiger partial charge in [-0.2, -0.15) is 0 Å². The van der Waals surface area contributed by atoms with Crippen molar-refractivity contribution >= 4 is 21.8 Å². The zero-order valence-corrected chi connectivity index (χ0v) is 12.4. The van der Waals surface area contributed by atoms with Gasteiger partial charge in [0.15, 0.2) is 0 Å². The molecule has 2 N–H and O–H groups in total. The van der Waals surface area contributed by atoms with Crippen LogP contribution in [0.5, 0.6) is 0 Å². The van der Waals surface area contributed by atoms with E-state index in [9.17, 15) is 18.7 Å². The summed E-state index contributed by atoms with van der Waals surface area (Å²) < 4.78 is 27.5. The average molecular weight is 348 g/mol. The first-order valence-electron chi connectivity index (χ1n) is 6.60. The number of aliphatic hydroxyl groups is 1. The first-order chi connectivity index (χ1) is 9.49. The predicted octanol–water partition coefficient (Wildman–Crippen LogP) is 3.01. The van der Waals surface area contributed by atoms with Crippen molar-refractivity contribution in [3.05, 3.63) is 33.8 Å². The van der Waals surface area contributed by atoms with Crippen molar-refractivity contribution in [1.29, 1.82) is 0 Å². The summed E-state index contributed by atoms with van der Waals surface area (Å²) in [5.41, 5.74) is -0.585. The van der Waals surface area contributed by atoms with Crippen molar-refractivity contribution < 1.29 is 18.7 Å². The Morgan fingerprint density at radius 1 is 1.30 bits per heavy atom. The molecule has 1 fully saturated rings. The number of benzene rings is 1. The number of rotatable bonds is 3. The van der Waals surface area contributed by atoms with Gasteiger partial charge >= 0.3 is 0 Å². The van der Waals surface area contributed by atoms with Gasteiger partial charge in [-0.15, -0.1) is 0 Å². The SMILES string of the molecule is O=C(NC[C@H]1CCCC[C@@H]1O)c1c(F)cc(Br)cc1F. The number of aliphatic hydroxyl groups excluding tert-OH is 1. The zero-order chi connectivity index (χ0) is 14.7. The van der Waals surface area contributed by atoms with Gasteiger partial charge in [0.1, 0.15) is 17.2 Å². The van der Waals surface area contributed by atoms with E-state index in [1.54, 1.807) is 0 Å². The minimum atomic E-state index is -0.904. The summed E-state index contributed by atoms with van der Waals surface area (Å²) in [5.74, 6) is -2.64. The second-order valence-electron chi connectivity index (χ2n) is 5.07. The van der Waals surface area contributed by atoms with Crippen LogP contribution in [-0.2, 0) is 0 Å². The van der Waals surface area contributed by atoms with Crippen LogP contribution in [-0.4, -0.2) is 23.7 Å². The van der Waals surface area contributed by atoms with Crippen LogP contribution in [0.4, 0.5) is 8.78 Å². The Bertz CT molecular complexity index is 487. The van der Waals surface area contributed by atoms with E-state index in [0.29, 0.717) is 6.42 Å². The molecule has 0 bridgehead atoms. The molecule has 0 aromatic heterocycles. The number of carbonyl (C=O) groups is 1. The minimum absolute atomic E-state index is 0.0470. The standard InChI is InChI=1S/C14H16BrF2NO2/c15-9-5-10(16)13(11(17)6-9)14(20)18-7-8-3-1-2-4-12(8)19/h5-6,8,12,19H,1-4,7H2,(H,18,20)/t8-,12+/m1/s1. The van der Waals surface area contributed by atoms with Gasteiger partial charge in [0.2, 0.25) is 0 Å². The van der Waals surface area contributed by atoms with E-state index >= 15 is 0 Å². The van der Waals surface area contributed by atoms with Crippen LogP contribution < -0.4 is 5.32 Å². The van der Waals surface area contributed by atoms with Crippen molar-refractivity contribution in [2.75, 3.05) is 6.54 Å². The molecule has 3 nitrogen and oxygen atoms in total. The third kappa shape index (κ3) is 3.55. The summed E-state index contributed by atoms with van der Waals surface area (Å²) in [6.45, 7) is 0.231. The number of nitrogens with one attached hydrogen (secondary N) is 1. The highest BCUT2D eigenvalue weighted by Crippen LogP contribution is 2.24. The largest absolute Gasteiger partial charge is 0.393 e. The molecule has 0 radical (unpaired) electrons. The van der Waals surface area contributed by atoms with E-state index in [1.165, 1.54) is 0 Å². The third-order valence-corrected chi connectivity index (χ3v) is 4.09. The van der Waals surface area contributed by atoms with Crippen LogP contribution in [0.3, 0.4) is 0 Å². The summed E-state index contributed by atoms with van der Waals surface area (Å²) in [7, 11) is 0. The van der Waals surface area contributed by atoms with E-state index in [4.69, 9.17) is 0 Å². The molecule has 0 heterocycles. The molecule has 0 aliphatic heterocycles. The monoisotopic (exact) mass is 347 g/mol. The highest BCUT2D eigenvalue weighted by molar-refractivity contribution is 9.10. The van der Waals surface area contributed by atoms with E-state index in [2.05, 4.69) is 21.2 Å². The minimum Gasteiger partial charge on any atom is -0.393 e. The van der Waals surface area contributed by atoms with Gasteiger partial charge in [-0.25, -0.2) is 8.78 Å². The molecule has 0 saturated heterocycles. The van der Waals surface area contributed by atoms with Crippen molar-refractivity contribution in [3.63, 3.8) is 0 Å². The molecule has 2 atom stereocenters. The van der Waals surface area contributed by atoms with Crippen LogP contribution >= 0.6 is 15.9 Å². The maximum absolute atomic E-state index is 13.6. The first kappa shape index (κ1) is 15.4. The van der Waals surface area contributed by atoms with Gasteiger partial charge in [0, 0.05) is 16.9 Å². The third-order valence-electron chi connectivity index (χ3n) is 3.63. The lowest BCUT2D eigenvalue weighted by atomic mass is 9.86. The van der Waals surface area contributed by atoms with Crippen LogP contribution in [0.15, 0.2) is 16.6 Å². The number of hydrogen-bond donors (Lipinski definition) is 2. The van der Waals surface area contributed by atoms with E-state index < -0.39 is 29.2 Å². The number of amides is 1. The van der Waals surface area contributed by atoms with E-state index in [-0.39, 0.29) is 16.9 Å². The zero-order valence-electron chi connectivity index (χ0n) is 10.8. The molecule has 1 aliphatic carbocycles. The molecule has 110 valence electrons. The molecule has 1 aromatic rings. The smallest absolute Gasteiger partial charge is 0.257 e. The van der Waals surface area contributed by atoms with Gasteiger partial charge in [-0.05, 0) is 25.0 Å². The maximum atomic E-state index is 13.6. The molecule has 1 aliphatic rings. The predicted molar refractivity (Wildman–Crippen MR) is 74.4 cm³/mol. The highest BCUT2D eigenvalue weighted by atomic mass is 79.9. The lowest BCUT2D eigenvalue weighted by Crippen LogP contribution is -2.37. The summed E-state index contributed by atoms with van der Waals surface area (Å²) in [6.07, 6.45) is 3.04. The fourth-order valence-corrected chi connectivity index (χ4v) is 2.90. The fraction of sp³-hybridized carbons (Fsp3) is 0.500. The van der Waals surface area contributed by atoms with Gasteiger partial charge in [0.05, 0.1) is 6.10 Å². The van der Waals surface area contributed by atoms with Crippen molar-refractivity contribution in [3.8, 4) is 0 Å². The summed E-state index contributed by atoms with van der Waals surface area (Å²) in [4.78, 5) is 11.9. The summed E-state index contributed by atoms with van der Waals surface area (Å²) >= 11 is 2.96. The summed E-state index contributed by atoms with van der Waals surface area (Å²) in [5, 5.41) is 12.3. The Balaban J connectivity index is 2.02. The van der Waals surface area contributed by atoms with Crippen LogP contribution in [0, 0.1) is 17.6 Å². The van der Waals surface area contributed by atoms with Crippen LogP contribution in [0.2, 0.25) is 0 Å². The first-order valence-corrected chi connectivity index (χ1v) is 7.39. The molecular formula is C14H16BrF2NO2. The normalized spacial score (nSPS) is 22.6. The molecule has 20 heavy (non-hydrogen) atoms. The second-order valence-corrected chi connectivity index (χ2v) is 5.98. The van der Waals surface area contributed by atoms with Gasteiger partial charge in [0.25, 0.3) is 5.91 Å². The van der Waals surface area contributed by atoms with E-state index in [0.717, 1.165) is 31.4 Å². The molecule has 1 amide bonds. The summed E-state index contributed by atoms with van der Waals surface area (Å²) in [6, 6.07) is 2.10. The van der Waals surface area contributed by atoms with Crippen LogP contribution in [0.25, 0.3) is 0 Å². The fourth-order valence-electron chi connectivity index (χ4n) is 2.50. The van der Waals surface area contributed by atoms with E-state index in [1.807, 2.05) is 0 Å². The molecule has 2 rings (SSSR count). The van der Waals surface area contributed by atoms with Gasteiger partial charge in [-0.3, -0.25) is 4.79 Å². The van der Waals surface area contributed by atoms with Gasteiger partial charge in [-0.1, -0.05) is 28.8 Å². The Morgan fingerprint density at radius 2 is 1.90 bits per heavy atom. The van der Waals surface area contributed by atoms with Crippen molar-refractivity contribution in [1.82, 2.24) is 5.32 Å².